The molecule has 0 aromatic carbocycles. The average molecular weight is 145 g/mol. The maximum atomic E-state index is 8.36. The van der Waals surface area contributed by atoms with Gasteiger partial charge < -0.3 is 10.4 Å². The van der Waals surface area contributed by atoms with Gasteiger partial charge in [-0.05, 0) is 0 Å². The summed E-state index contributed by atoms with van der Waals surface area (Å²) in [6.45, 7) is 0.661. The van der Waals surface area contributed by atoms with Gasteiger partial charge in [-0.1, -0.05) is 11.3 Å². The first-order chi connectivity index (χ1) is 4.43. The topological polar surface area (TPSA) is 58.0 Å². The van der Waals surface area contributed by atoms with Gasteiger partial charge in [0.05, 0.1) is 6.61 Å². The SMILES string of the molecule is OCCNc1nncs1. The monoisotopic (exact) mass is 145 g/mol. The lowest BCUT2D eigenvalue weighted by atomic mass is 10.7. The van der Waals surface area contributed by atoms with Gasteiger partial charge in [-0.25, -0.2) is 0 Å². The number of aliphatic hydroxyl groups is 1. The van der Waals surface area contributed by atoms with Crippen LogP contribution in [-0.4, -0.2) is 28.5 Å². The molecular formula is C4H7N3OS. The summed E-state index contributed by atoms with van der Waals surface area (Å²) >= 11 is 1.42. The number of hydrogen-bond acceptors (Lipinski definition) is 5. The Bertz CT molecular complexity index is 153. The first-order valence-corrected chi connectivity index (χ1v) is 3.42. The second-order valence-corrected chi connectivity index (χ2v) is 2.23. The van der Waals surface area contributed by atoms with Crippen LogP contribution in [0.3, 0.4) is 0 Å². The van der Waals surface area contributed by atoms with E-state index in [9.17, 15) is 0 Å². The second-order valence-electron chi connectivity index (χ2n) is 1.39. The molecule has 0 unspecified atom stereocenters. The van der Waals surface area contributed by atoms with Crippen molar-refractivity contribution in [1.29, 1.82) is 0 Å². The minimum absolute atomic E-state index is 0.125. The van der Waals surface area contributed by atoms with Crippen LogP contribution in [-0.2, 0) is 0 Å². The third kappa shape index (κ3) is 1.95. The van der Waals surface area contributed by atoms with E-state index in [2.05, 4.69) is 15.5 Å². The van der Waals surface area contributed by atoms with Crippen molar-refractivity contribution in [3.8, 4) is 0 Å². The lowest BCUT2D eigenvalue weighted by Crippen LogP contribution is -2.04. The Hall–Kier alpha value is -0.680. The quantitative estimate of drug-likeness (QED) is 0.625. The number of anilines is 1. The molecule has 0 aliphatic rings. The van der Waals surface area contributed by atoms with E-state index in [1.807, 2.05) is 0 Å². The smallest absolute Gasteiger partial charge is 0.205 e. The molecule has 1 aromatic rings. The number of aromatic nitrogens is 2. The second kappa shape index (κ2) is 3.37. The molecule has 0 aliphatic heterocycles. The molecule has 0 atom stereocenters. The standard InChI is InChI=1S/C4H7N3OS/c8-2-1-5-4-7-6-3-9-4/h3,8H,1-2H2,(H,5,7). The molecular weight excluding hydrogens is 138 g/mol. The first kappa shape index (κ1) is 6.44. The molecule has 0 spiro atoms. The minimum atomic E-state index is 0.125. The number of nitrogens with zero attached hydrogens (tertiary/aromatic N) is 2. The number of aliphatic hydroxyl groups excluding tert-OH is 1. The van der Waals surface area contributed by atoms with Crippen LogP contribution in [0.5, 0.6) is 0 Å². The van der Waals surface area contributed by atoms with Crippen molar-refractivity contribution in [2.45, 2.75) is 0 Å². The van der Waals surface area contributed by atoms with E-state index >= 15 is 0 Å². The molecule has 0 bridgehead atoms. The molecule has 5 heteroatoms. The average Bonchev–Trinajstić information content (AvgIpc) is 2.34. The fraction of sp³-hybridized carbons (Fsp3) is 0.500. The highest BCUT2D eigenvalue weighted by atomic mass is 32.1. The summed E-state index contributed by atoms with van der Waals surface area (Å²) in [6, 6.07) is 0. The van der Waals surface area contributed by atoms with Crippen molar-refractivity contribution in [1.82, 2.24) is 10.2 Å². The minimum Gasteiger partial charge on any atom is -0.395 e. The van der Waals surface area contributed by atoms with Crippen molar-refractivity contribution in [3.63, 3.8) is 0 Å². The molecule has 1 heterocycles. The third-order valence-electron chi connectivity index (χ3n) is 0.748. The summed E-state index contributed by atoms with van der Waals surface area (Å²) in [5, 5.41) is 19.3. The summed E-state index contributed by atoms with van der Waals surface area (Å²) in [5.41, 5.74) is 1.64. The summed E-state index contributed by atoms with van der Waals surface area (Å²) in [6.07, 6.45) is 0. The summed E-state index contributed by atoms with van der Waals surface area (Å²) in [7, 11) is 0. The Morgan fingerprint density at radius 1 is 1.78 bits per heavy atom. The third-order valence-corrected chi connectivity index (χ3v) is 1.40. The summed E-state index contributed by atoms with van der Waals surface area (Å²) in [4.78, 5) is 0. The van der Waals surface area contributed by atoms with Crippen molar-refractivity contribution >= 4 is 16.5 Å². The molecule has 0 saturated carbocycles. The number of rotatable bonds is 3. The molecule has 2 N–H and O–H groups in total. The molecule has 0 fully saturated rings. The van der Waals surface area contributed by atoms with Gasteiger partial charge >= 0.3 is 0 Å². The predicted molar refractivity (Wildman–Crippen MR) is 35.5 cm³/mol. The molecule has 0 amide bonds. The Kier molecular flexibility index (Phi) is 2.41. The zero-order valence-electron chi connectivity index (χ0n) is 4.74. The maximum absolute atomic E-state index is 8.36. The lowest BCUT2D eigenvalue weighted by Gasteiger charge is -1.94. The molecule has 1 rings (SSSR count). The van der Waals surface area contributed by atoms with Gasteiger partial charge in [0, 0.05) is 6.54 Å². The van der Waals surface area contributed by atoms with E-state index in [1.54, 1.807) is 5.51 Å². The lowest BCUT2D eigenvalue weighted by molar-refractivity contribution is 0.311. The van der Waals surface area contributed by atoms with Gasteiger partial charge in [0.2, 0.25) is 5.13 Å². The molecule has 4 nitrogen and oxygen atoms in total. The predicted octanol–water partition coefficient (Wildman–Crippen LogP) is -0.0577. The van der Waals surface area contributed by atoms with Crippen LogP contribution in [0.1, 0.15) is 0 Å². The maximum Gasteiger partial charge on any atom is 0.205 e. The zero-order valence-corrected chi connectivity index (χ0v) is 5.56. The largest absolute Gasteiger partial charge is 0.395 e. The van der Waals surface area contributed by atoms with E-state index in [4.69, 9.17) is 5.11 Å². The van der Waals surface area contributed by atoms with Crippen LogP contribution in [0, 0.1) is 0 Å². The number of nitrogens with one attached hydrogen (secondary N) is 1. The normalized spacial score (nSPS) is 9.44. The molecule has 50 valence electrons. The van der Waals surface area contributed by atoms with Crippen molar-refractivity contribution in [3.05, 3.63) is 5.51 Å². The van der Waals surface area contributed by atoms with E-state index in [0.717, 1.165) is 5.13 Å². The van der Waals surface area contributed by atoms with E-state index in [-0.39, 0.29) is 6.61 Å². The van der Waals surface area contributed by atoms with Gasteiger partial charge in [0.15, 0.2) is 0 Å². The zero-order chi connectivity index (χ0) is 6.53. The van der Waals surface area contributed by atoms with Crippen LogP contribution >= 0.6 is 11.3 Å². The van der Waals surface area contributed by atoms with Crippen molar-refractivity contribution < 1.29 is 5.11 Å². The van der Waals surface area contributed by atoms with Crippen LogP contribution in [0.25, 0.3) is 0 Å². The summed E-state index contributed by atoms with van der Waals surface area (Å²) < 4.78 is 0. The highest BCUT2D eigenvalue weighted by Gasteiger charge is 1.90. The Morgan fingerprint density at radius 3 is 3.22 bits per heavy atom. The van der Waals surface area contributed by atoms with E-state index < -0.39 is 0 Å². The van der Waals surface area contributed by atoms with Gasteiger partial charge in [-0.2, -0.15) is 0 Å². The first-order valence-electron chi connectivity index (χ1n) is 2.54. The van der Waals surface area contributed by atoms with Gasteiger partial charge in [0.25, 0.3) is 0 Å². The van der Waals surface area contributed by atoms with Gasteiger partial charge in [0.1, 0.15) is 5.51 Å². The number of hydrogen-bond donors (Lipinski definition) is 2. The van der Waals surface area contributed by atoms with E-state index in [1.165, 1.54) is 11.3 Å². The molecule has 0 saturated heterocycles. The Labute approximate surface area is 56.6 Å². The van der Waals surface area contributed by atoms with Crippen LogP contribution < -0.4 is 5.32 Å². The molecule has 1 aromatic heterocycles. The fourth-order valence-electron chi connectivity index (χ4n) is 0.413. The molecule has 9 heavy (non-hydrogen) atoms. The van der Waals surface area contributed by atoms with Gasteiger partial charge in [-0.3, -0.25) is 0 Å². The molecule has 0 radical (unpaired) electrons. The highest BCUT2D eigenvalue weighted by molar-refractivity contribution is 7.13. The molecule has 0 aliphatic carbocycles. The van der Waals surface area contributed by atoms with Crippen LogP contribution in [0.2, 0.25) is 0 Å². The Morgan fingerprint density at radius 2 is 2.67 bits per heavy atom. The summed E-state index contributed by atoms with van der Waals surface area (Å²) in [5.74, 6) is 0. The van der Waals surface area contributed by atoms with Crippen molar-refractivity contribution in [2.75, 3.05) is 18.5 Å². The Balaban J connectivity index is 2.30. The fourth-order valence-corrected chi connectivity index (χ4v) is 0.887. The van der Waals surface area contributed by atoms with Crippen molar-refractivity contribution in [2.24, 2.45) is 0 Å². The van der Waals surface area contributed by atoms with Gasteiger partial charge in [-0.15, -0.1) is 10.2 Å². The van der Waals surface area contributed by atoms with Crippen LogP contribution in [0.4, 0.5) is 5.13 Å². The van der Waals surface area contributed by atoms with Crippen LogP contribution in [0.15, 0.2) is 5.51 Å². The van der Waals surface area contributed by atoms with E-state index in [0.29, 0.717) is 6.54 Å². The highest BCUT2D eigenvalue weighted by Crippen LogP contribution is 2.05.